The van der Waals surface area contributed by atoms with Gasteiger partial charge >= 0.3 is 17.9 Å². The fourth-order valence-corrected chi connectivity index (χ4v) is 6.92. The number of carboxylic acids is 1. The summed E-state index contributed by atoms with van der Waals surface area (Å²) in [5, 5.41) is 23.4. The molecule has 13 nitrogen and oxygen atoms in total. The number of aliphatic carboxylic acids is 1. The van der Waals surface area contributed by atoms with Crippen LogP contribution >= 0.6 is 0 Å². The number of rotatable bonds is 11. The second kappa shape index (κ2) is 11.2. The average molecular weight is 588 g/mol. The summed E-state index contributed by atoms with van der Waals surface area (Å²) in [6.45, 7) is 2.01. The van der Waals surface area contributed by atoms with Gasteiger partial charge in [0.05, 0.1) is 30.6 Å². The van der Waals surface area contributed by atoms with E-state index < -0.39 is 53.1 Å². The molecule has 13 heteroatoms. The third-order valence-corrected chi connectivity index (χ3v) is 9.05. The number of carboxylic acid groups (broad SMARTS) is 1. The number of ether oxygens (including phenoxy) is 4. The first-order chi connectivity index (χ1) is 19.9. The summed E-state index contributed by atoms with van der Waals surface area (Å²) in [6.07, 6.45) is 0.632. The number of amides is 1. The first kappa shape index (κ1) is 29.8. The Labute approximate surface area is 242 Å². The lowest BCUT2D eigenvalue weighted by atomic mass is 9.50. The van der Waals surface area contributed by atoms with Gasteiger partial charge in [-0.2, -0.15) is 0 Å². The van der Waals surface area contributed by atoms with Crippen LogP contribution in [0.25, 0.3) is 0 Å². The summed E-state index contributed by atoms with van der Waals surface area (Å²) in [7, 11) is 3.56. The summed E-state index contributed by atoms with van der Waals surface area (Å²) in [4.78, 5) is 50.2. The van der Waals surface area contributed by atoms with E-state index in [2.05, 4.69) is 10.2 Å². The predicted molar refractivity (Wildman–Crippen MR) is 146 cm³/mol. The van der Waals surface area contributed by atoms with Crippen molar-refractivity contribution in [3.63, 3.8) is 0 Å². The van der Waals surface area contributed by atoms with Gasteiger partial charge in [0.2, 0.25) is 5.91 Å². The maximum atomic E-state index is 13.1. The van der Waals surface area contributed by atoms with Gasteiger partial charge in [-0.05, 0) is 57.5 Å². The van der Waals surface area contributed by atoms with Crippen molar-refractivity contribution in [3.05, 3.63) is 35.1 Å². The van der Waals surface area contributed by atoms with Crippen molar-refractivity contribution in [2.45, 2.75) is 80.8 Å². The van der Waals surface area contributed by atoms with Gasteiger partial charge in [-0.3, -0.25) is 14.4 Å². The van der Waals surface area contributed by atoms with Crippen molar-refractivity contribution in [2.75, 3.05) is 27.2 Å². The van der Waals surface area contributed by atoms with Crippen molar-refractivity contribution in [1.29, 1.82) is 0 Å². The number of aliphatic hydroxyl groups is 1. The van der Waals surface area contributed by atoms with Crippen molar-refractivity contribution >= 4 is 23.8 Å². The van der Waals surface area contributed by atoms with Crippen LogP contribution in [-0.4, -0.2) is 96.1 Å². The number of piperidine rings is 1. The van der Waals surface area contributed by atoms with Crippen LogP contribution in [0.3, 0.4) is 0 Å². The van der Waals surface area contributed by atoms with Crippen LogP contribution in [-0.2, 0) is 40.5 Å². The predicted octanol–water partition coefficient (Wildman–Crippen LogP) is 0.146. The molecule has 1 saturated heterocycles. The molecule has 1 fully saturated rings. The largest absolute Gasteiger partial charge is 0.493 e. The van der Waals surface area contributed by atoms with Gasteiger partial charge in [0, 0.05) is 31.0 Å². The number of benzene rings is 1. The van der Waals surface area contributed by atoms with Crippen LogP contribution in [0, 0.1) is 0 Å². The monoisotopic (exact) mass is 587 g/mol. The Morgan fingerprint density at radius 2 is 2.02 bits per heavy atom. The van der Waals surface area contributed by atoms with Crippen molar-refractivity contribution in [3.8, 4) is 11.5 Å². The highest BCUT2D eigenvalue weighted by molar-refractivity contribution is 5.83. The van der Waals surface area contributed by atoms with Crippen LogP contribution in [0.15, 0.2) is 24.0 Å². The lowest BCUT2D eigenvalue weighted by Crippen LogP contribution is -2.74. The normalized spacial score (nSPS) is 28.4. The number of esters is 2. The fraction of sp³-hybridized carbons (Fsp3) is 0.586. The maximum Gasteiger partial charge on any atom is 0.352 e. The smallest absolute Gasteiger partial charge is 0.352 e. The van der Waals surface area contributed by atoms with Crippen molar-refractivity contribution in [2.24, 2.45) is 5.73 Å². The Hall–Kier alpha value is -3.68. The van der Waals surface area contributed by atoms with Gasteiger partial charge in [-0.25, -0.2) is 4.79 Å². The summed E-state index contributed by atoms with van der Waals surface area (Å²) < 4.78 is 23.1. The molecule has 1 amide bonds. The minimum absolute atomic E-state index is 0.0374. The molecule has 1 unspecified atom stereocenters. The van der Waals surface area contributed by atoms with Crippen LogP contribution in [0.4, 0.5) is 0 Å². The molecular weight excluding hydrogens is 550 g/mol. The highest BCUT2D eigenvalue weighted by Crippen LogP contribution is 2.65. The van der Waals surface area contributed by atoms with E-state index in [0.717, 1.165) is 17.7 Å². The number of likely N-dealkylation sites (N-methyl/N-ethyl adjacent to an activating group) is 1. The molecule has 42 heavy (non-hydrogen) atoms. The number of methoxy groups -OCH3 is 1. The third-order valence-electron chi connectivity index (χ3n) is 9.05. The lowest BCUT2D eigenvalue weighted by molar-refractivity contribution is -0.175. The van der Waals surface area contributed by atoms with Crippen LogP contribution in [0.5, 0.6) is 11.5 Å². The third kappa shape index (κ3) is 4.78. The molecule has 2 aliphatic carbocycles. The zero-order chi connectivity index (χ0) is 30.4. The zero-order valence-electron chi connectivity index (χ0n) is 23.9. The van der Waals surface area contributed by atoms with Gasteiger partial charge in [0.15, 0.2) is 23.7 Å². The Balaban J connectivity index is 1.24. The fourth-order valence-electron chi connectivity index (χ4n) is 6.92. The average Bonchev–Trinajstić information content (AvgIpc) is 3.30. The molecule has 5 N–H and O–H groups in total. The highest BCUT2D eigenvalue weighted by Gasteiger charge is 2.72. The molecule has 1 aromatic carbocycles. The second-order valence-electron chi connectivity index (χ2n) is 11.4. The second-order valence-corrected chi connectivity index (χ2v) is 11.4. The number of carbonyl (C=O) groups is 4. The van der Waals surface area contributed by atoms with E-state index in [1.165, 1.54) is 6.92 Å². The van der Waals surface area contributed by atoms with Crippen molar-refractivity contribution in [1.82, 2.24) is 10.2 Å². The molecule has 0 aromatic heterocycles. The summed E-state index contributed by atoms with van der Waals surface area (Å²) in [6, 6.07) is 2.70. The molecule has 1 aromatic rings. The maximum absolute atomic E-state index is 13.1. The Morgan fingerprint density at radius 1 is 1.26 bits per heavy atom. The number of nitrogens with two attached hydrogens (primary N) is 1. The topological polar surface area (TPSA) is 187 Å². The molecule has 2 heterocycles. The first-order valence-corrected chi connectivity index (χ1v) is 14.1. The van der Waals surface area contributed by atoms with Crippen molar-refractivity contribution < 1.29 is 48.3 Å². The number of nitrogens with zero attached hydrogens (tertiary/aromatic N) is 1. The van der Waals surface area contributed by atoms with E-state index in [4.69, 9.17) is 29.8 Å². The summed E-state index contributed by atoms with van der Waals surface area (Å²) in [5.41, 5.74) is 5.63. The lowest BCUT2D eigenvalue weighted by Gasteiger charge is -2.61. The molecule has 5 rings (SSSR count). The molecular formula is C29H37N3O10. The molecule has 0 saturated carbocycles. The molecule has 2 bridgehead atoms. The van der Waals surface area contributed by atoms with Gasteiger partial charge in [-0.1, -0.05) is 6.07 Å². The van der Waals surface area contributed by atoms with Crippen LogP contribution in [0.1, 0.15) is 50.2 Å². The van der Waals surface area contributed by atoms with E-state index in [9.17, 15) is 24.3 Å². The van der Waals surface area contributed by atoms with Gasteiger partial charge in [0.25, 0.3) is 0 Å². The zero-order valence-corrected chi connectivity index (χ0v) is 23.9. The number of likely N-dealkylation sites (tertiary alicyclic amines) is 1. The van der Waals surface area contributed by atoms with E-state index in [1.807, 2.05) is 19.2 Å². The molecule has 0 radical (unpaired) electrons. The SMILES string of the molecule is COc1ccc2c3c1O[C@H]1C(OC(=O)[C@H](C)OC(=O)CCNC(=O)[C@@H](N)CCC(=O)O)=CC[C@@]4(O)[C@@H](C2)N(C)CCC314. The van der Waals surface area contributed by atoms with E-state index in [-0.39, 0.29) is 44.0 Å². The molecule has 6 atom stereocenters. The van der Waals surface area contributed by atoms with Crippen LogP contribution < -0.4 is 20.5 Å². The molecule has 1 spiro atoms. The Morgan fingerprint density at radius 3 is 2.74 bits per heavy atom. The van der Waals surface area contributed by atoms with Crippen LogP contribution in [0.2, 0.25) is 0 Å². The molecule has 2 aliphatic heterocycles. The molecule has 4 aliphatic rings. The molecule has 228 valence electrons. The number of hydrogen-bond acceptors (Lipinski definition) is 11. The number of nitrogens with one attached hydrogen (secondary N) is 1. The van der Waals surface area contributed by atoms with Gasteiger partial charge < -0.3 is 45.1 Å². The minimum atomic E-state index is -1.25. The Bertz CT molecular complexity index is 1330. The Kier molecular flexibility index (Phi) is 7.94. The minimum Gasteiger partial charge on any atom is -0.493 e. The standard InChI is InChI=1S/C29H37N3O10/c1-15(40-22(35)9-12-31-26(36)17(30)5-7-21(33)34)27(37)41-19-8-10-29(38)20-14-16-4-6-18(39-3)24-23(16)28(29,25(19)42-24)11-13-32(20)2/h4,6,8,15,17,20,25,38H,5,7,9-14,30H2,1-3H3,(H,31,36)(H,33,34)/t15-,17-,20+,25-,28?,29+/m0/s1. The first-order valence-electron chi connectivity index (χ1n) is 14.1. The van der Waals surface area contributed by atoms with Gasteiger partial charge in [0.1, 0.15) is 5.76 Å². The summed E-state index contributed by atoms with van der Waals surface area (Å²) in [5.74, 6) is -1.85. The summed E-state index contributed by atoms with van der Waals surface area (Å²) >= 11 is 0. The number of carbonyl (C=O) groups excluding carboxylic acids is 3. The van der Waals surface area contributed by atoms with E-state index >= 15 is 0 Å². The number of hydrogen-bond donors (Lipinski definition) is 4. The van der Waals surface area contributed by atoms with E-state index in [1.54, 1.807) is 13.2 Å². The van der Waals surface area contributed by atoms with Gasteiger partial charge in [-0.15, -0.1) is 0 Å². The van der Waals surface area contributed by atoms with E-state index in [0.29, 0.717) is 24.3 Å². The quantitative estimate of drug-likeness (QED) is 0.257. The highest BCUT2D eigenvalue weighted by atomic mass is 16.6.